The largest absolute Gasteiger partial charge is 0.478 e. The second-order valence-corrected chi connectivity index (χ2v) is 7.30. The van der Waals surface area contributed by atoms with E-state index in [-0.39, 0.29) is 21.6 Å². The monoisotopic (exact) mass is 344 g/mol. The number of benzene rings is 2. The van der Waals surface area contributed by atoms with Gasteiger partial charge in [-0.15, -0.1) is 0 Å². The summed E-state index contributed by atoms with van der Waals surface area (Å²) in [4.78, 5) is 23.3. The second kappa shape index (κ2) is 6.80. The number of carbonyl (C=O) groups excluding carboxylic acids is 1. The van der Waals surface area contributed by atoms with Crippen LogP contribution >= 0.6 is 0 Å². The van der Waals surface area contributed by atoms with Gasteiger partial charge in [0.25, 0.3) is 0 Å². The van der Waals surface area contributed by atoms with Gasteiger partial charge in [-0.2, -0.15) is 0 Å². The molecule has 0 saturated heterocycles. The zero-order valence-electron chi connectivity index (χ0n) is 13.0. The first-order valence-electron chi connectivity index (χ1n) is 7.06. The molecule has 1 N–H and O–H groups in total. The van der Waals surface area contributed by atoms with Crippen molar-refractivity contribution in [1.82, 2.24) is 0 Å². The maximum Gasteiger partial charge on any atom is 0.335 e. The molecule has 0 saturated carbocycles. The first-order chi connectivity index (χ1) is 11.2. The summed E-state index contributed by atoms with van der Waals surface area (Å²) in [6, 6.07) is 11.8. The summed E-state index contributed by atoms with van der Waals surface area (Å²) in [6.07, 6.45) is 0. The van der Waals surface area contributed by atoms with Gasteiger partial charge in [0.05, 0.1) is 16.2 Å². The molecule has 0 radical (unpaired) electrons. The Hall–Kier alpha value is -2.73. The molecule has 2 aromatic carbocycles. The van der Waals surface area contributed by atoms with Gasteiger partial charge < -0.3 is 5.11 Å². The maximum absolute atomic E-state index is 12.5. The number of aryl methyl sites for hydroxylation is 1. The topological polar surface area (TPSA) is 88.5 Å². The fraction of sp³-hybridized carbons (Fsp3) is 0.111. The van der Waals surface area contributed by atoms with Crippen molar-refractivity contribution in [1.29, 1.82) is 0 Å². The molecule has 2 aromatic rings. The highest BCUT2D eigenvalue weighted by atomic mass is 32.2. The van der Waals surface area contributed by atoms with Gasteiger partial charge in [0.15, 0.2) is 15.6 Å². The Labute approximate surface area is 140 Å². The normalized spacial score (nSPS) is 11.0. The van der Waals surface area contributed by atoms with E-state index in [1.54, 1.807) is 25.1 Å². The van der Waals surface area contributed by atoms with Crippen molar-refractivity contribution in [2.24, 2.45) is 0 Å². The zero-order chi connectivity index (χ0) is 17.9. The van der Waals surface area contributed by atoms with Crippen molar-refractivity contribution in [3.8, 4) is 0 Å². The molecule has 5 nitrogen and oxygen atoms in total. The van der Waals surface area contributed by atoms with E-state index in [0.29, 0.717) is 5.56 Å². The molecule has 0 bridgehead atoms. The summed E-state index contributed by atoms with van der Waals surface area (Å²) in [5, 5.41) is 8.85. The molecule has 124 valence electrons. The van der Waals surface area contributed by atoms with Gasteiger partial charge in [-0.1, -0.05) is 36.9 Å². The second-order valence-electron chi connectivity index (χ2n) is 5.34. The van der Waals surface area contributed by atoms with E-state index in [0.717, 1.165) is 0 Å². The van der Waals surface area contributed by atoms with Crippen LogP contribution in [0, 0.1) is 6.92 Å². The number of carboxylic acids is 1. The third-order valence-corrected chi connectivity index (χ3v) is 5.36. The third kappa shape index (κ3) is 3.78. The Kier molecular flexibility index (Phi) is 4.99. The molecule has 0 unspecified atom stereocenters. The van der Waals surface area contributed by atoms with Gasteiger partial charge in [0, 0.05) is 11.1 Å². The number of ketones is 1. The van der Waals surface area contributed by atoms with Crippen LogP contribution in [0.1, 0.15) is 26.3 Å². The van der Waals surface area contributed by atoms with E-state index >= 15 is 0 Å². The van der Waals surface area contributed by atoms with E-state index in [9.17, 15) is 18.0 Å². The minimum atomic E-state index is -3.68. The summed E-state index contributed by atoms with van der Waals surface area (Å²) in [5.74, 6) is -2.11. The van der Waals surface area contributed by atoms with Crippen LogP contribution in [0.3, 0.4) is 0 Å². The lowest BCUT2D eigenvalue weighted by molar-refractivity contribution is 0.0696. The smallest absolute Gasteiger partial charge is 0.335 e. The fourth-order valence-electron chi connectivity index (χ4n) is 2.25. The number of carbonyl (C=O) groups is 2. The number of hydrogen-bond acceptors (Lipinski definition) is 4. The summed E-state index contributed by atoms with van der Waals surface area (Å²) in [6.45, 7) is 5.27. The van der Waals surface area contributed by atoms with Crippen LogP contribution in [0.2, 0.25) is 0 Å². The van der Waals surface area contributed by atoms with Crippen molar-refractivity contribution in [2.45, 2.75) is 11.8 Å². The molecule has 0 aliphatic carbocycles. The molecule has 0 heterocycles. The Morgan fingerprint density at radius 3 is 2.08 bits per heavy atom. The molecule has 6 heteroatoms. The molecule has 0 aliphatic heterocycles. The van der Waals surface area contributed by atoms with Crippen LogP contribution in [0.4, 0.5) is 0 Å². The van der Waals surface area contributed by atoms with Gasteiger partial charge in [0.1, 0.15) is 0 Å². The summed E-state index contributed by atoms with van der Waals surface area (Å²) >= 11 is 0. The Bertz CT molecular complexity index is 909. The lowest BCUT2D eigenvalue weighted by Gasteiger charge is -2.09. The quantitative estimate of drug-likeness (QED) is 0.643. The number of rotatable bonds is 6. The zero-order valence-corrected chi connectivity index (χ0v) is 13.8. The third-order valence-electron chi connectivity index (χ3n) is 3.51. The fourth-order valence-corrected chi connectivity index (χ4v) is 3.84. The van der Waals surface area contributed by atoms with Crippen molar-refractivity contribution in [2.75, 3.05) is 5.75 Å². The lowest BCUT2D eigenvalue weighted by Crippen LogP contribution is -2.15. The van der Waals surface area contributed by atoms with Crippen molar-refractivity contribution >= 4 is 21.6 Å². The molecular weight excluding hydrogens is 328 g/mol. The Balaban J connectivity index is 2.21. The van der Waals surface area contributed by atoms with Gasteiger partial charge >= 0.3 is 5.97 Å². The first kappa shape index (κ1) is 17.6. The summed E-state index contributed by atoms with van der Waals surface area (Å²) in [5.41, 5.74) is 0.777. The minimum absolute atomic E-state index is 0.0460. The number of hydrogen-bond donors (Lipinski definition) is 1. The van der Waals surface area contributed by atoms with Crippen LogP contribution in [0.25, 0.3) is 0 Å². The van der Waals surface area contributed by atoms with Crippen molar-refractivity contribution in [3.63, 3.8) is 0 Å². The summed E-state index contributed by atoms with van der Waals surface area (Å²) in [7, 11) is -3.68. The van der Waals surface area contributed by atoms with E-state index in [2.05, 4.69) is 6.58 Å². The maximum atomic E-state index is 12.5. The molecule has 0 aliphatic rings. The van der Waals surface area contributed by atoms with Crippen LogP contribution in [0.15, 0.2) is 65.6 Å². The average Bonchev–Trinajstić information content (AvgIpc) is 2.54. The predicted molar refractivity (Wildman–Crippen MR) is 90.1 cm³/mol. The molecule has 0 spiro atoms. The van der Waals surface area contributed by atoms with Gasteiger partial charge in [-0.25, -0.2) is 13.2 Å². The standard InChI is InChI=1S/C18H16O5S/c1-12-5-3-4-6-16(12)24(22,23)11-13(2)17(19)14-7-9-15(10-8-14)18(20)21/h3-10H,2,11H2,1H3,(H,20,21). The van der Waals surface area contributed by atoms with E-state index < -0.39 is 27.3 Å². The van der Waals surface area contributed by atoms with E-state index in [1.165, 1.54) is 30.3 Å². The molecule has 2 rings (SSSR count). The van der Waals surface area contributed by atoms with Gasteiger partial charge in [-0.3, -0.25) is 4.79 Å². The van der Waals surface area contributed by atoms with Crippen LogP contribution in [-0.2, 0) is 9.84 Å². The highest BCUT2D eigenvalue weighted by Crippen LogP contribution is 2.19. The molecule has 0 atom stereocenters. The highest BCUT2D eigenvalue weighted by molar-refractivity contribution is 7.91. The van der Waals surface area contributed by atoms with E-state index in [1.807, 2.05) is 0 Å². The number of aromatic carboxylic acids is 1. The number of sulfone groups is 1. The van der Waals surface area contributed by atoms with Crippen LogP contribution in [0.5, 0.6) is 0 Å². The minimum Gasteiger partial charge on any atom is -0.478 e. The molecule has 0 aromatic heterocycles. The first-order valence-corrected chi connectivity index (χ1v) is 8.72. The number of Topliss-reactive ketones (excluding diaryl/α,β-unsaturated/α-hetero) is 1. The van der Waals surface area contributed by atoms with Crippen molar-refractivity contribution in [3.05, 3.63) is 77.4 Å². The highest BCUT2D eigenvalue weighted by Gasteiger charge is 2.22. The molecular formula is C18H16O5S. The molecule has 0 fully saturated rings. The van der Waals surface area contributed by atoms with Crippen LogP contribution < -0.4 is 0 Å². The Morgan fingerprint density at radius 1 is 1.00 bits per heavy atom. The average molecular weight is 344 g/mol. The SMILES string of the molecule is C=C(CS(=O)(=O)c1ccccc1C)C(=O)c1ccc(C(=O)O)cc1. The predicted octanol–water partition coefficient (Wildman–Crippen LogP) is 2.91. The van der Waals surface area contributed by atoms with E-state index in [4.69, 9.17) is 5.11 Å². The van der Waals surface area contributed by atoms with Gasteiger partial charge in [0.2, 0.25) is 0 Å². The summed E-state index contributed by atoms with van der Waals surface area (Å²) < 4.78 is 24.9. The molecule has 24 heavy (non-hydrogen) atoms. The molecule has 0 amide bonds. The lowest BCUT2D eigenvalue weighted by atomic mass is 10.0. The van der Waals surface area contributed by atoms with Gasteiger partial charge in [-0.05, 0) is 30.7 Å². The Morgan fingerprint density at radius 2 is 1.54 bits per heavy atom. The number of carboxylic acid groups (broad SMARTS) is 1. The van der Waals surface area contributed by atoms with Crippen molar-refractivity contribution < 1.29 is 23.1 Å². The van der Waals surface area contributed by atoms with Crippen LogP contribution in [-0.4, -0.2) is 31.0 Å².